The third-order valence-corrected chi connectivity index (χ3v) is 2.00. The Kier molecular flexibility index (Phi) is 2.96. The highest BCUT2D eigenvalue weighted by Crippen LogP contribution is 2.02. The van der Waals surface area contributed by atoms with Crippen molar-refractivity contribution < 1.29 is 14.3 Å². The van der Waals surface area contributed by atoms with E-state index in [4.69, 9.17) is 5.73 Å². The van der Waals surface area contributed by atoms with Crippen molar-refractivity contribution in [3.8, 4) is 5.82 Å². The lowest BCUT2D eigenvalue weighted by Gasteiger charge is -1.98. The first-order chi connectivity index (χ1) is 8.61. The van der Waals surface area contributed by atoms with Crippen molar-refractivity contribution in [1.82, 2.24) is 25.0 Å². The number of rotatable bonds is 3. The monoisotopic (exact) mass is 248 g/mol. The summed E-state index contributed by atoms with van der Waals surface area (Å²) in [7, 11) is 1.23. The van der Waals surface area contributed by atoms with Crippen LogP contribution < -0.4 is 5.73 Å². The van der Waals surface area contributed by atoms with Gasteiger partial charge in [0.25, 0.3) is 11.7 Å². The average Bonchev–Trinajstić information content (AvgIpc) is 2.87. The average molecular weight is 248 g/mol. The van der Waals surface area contributed by atoms with Crippen LogP contribution in [0, 0.1) is 0 Å². The Hall–Kier alpha value is -2.84. The maximum absolute atomic E-state index is 11.1. The molecule has 2 aromatic rings. The van der Waals surface area contributed by atoms with Crippen molar-refractivity contribution in [2.24, 2.45) is 5.73 Å². The predicted molar refractivity (Wildman–Crippen MR) is 56.8 cm³/mol. The molecule has 0 aliphatic heterocycles. The maximum Gasteiger partial charge on any atom is 0.377 e. The highest BCUT2D eigenvalue weighted by atomic mass is 16.5. The first-order valence-corrected chi connectivity index (χ1v) is 4.75. The summed E-state index contributed by atoms with van der Waals surface area (Å²) in [5, 5.41) is 11.2. The van der Waals surface area contributed by atoms with Gasteiger partial charge in [-0.25, -0.2) is 9.78 Å². The fourth-order valence-corrected chi connectivity index (χ4v) is 1.14. The zero-order chi connectivity index (χ0) is 13.1. The minimum Gasteiger partial charge on any atom is -0.463 e. The first-order valence-electron chi connectivity index (χ1n) is 4.75. The van der Waals surface area contributed by atoms with Gasteiger partial charge < -0.3 is 10.5 Å². The van der Waals surface area contributed by atoms with Crippen molar-refractivity contribution in [3.05, 3.63) is 30.0 Å². The Labute approximate surface area is 101 Å². The van der Waals surface area contributed by atoms with Gasteiger partial charge in [-0.15, -0.1) is 15.3 Å². The number of nitrogens with zero attached hydrogens (tertiary/aromatic N) is 5. The van der Waals surface area contributed by atoms with Crippen molar-refractivity contribution in [2.45, 2.75) is 0 Å². The summed E-state index contributed by atoms with van der Waals surface area (Å²) in [6.45, 7) is 0. The SMILES string of the molecule is COC(=O)c1ncn(-c2ccc(C(N)=O)nn2)n1. The van der Waals surface area contributed by atoms with Crippen molar-refractivity contribution >= 4 is 11.9 Å². The lowest BCUT2D eigenvalue weighted by atomic mass is 10.4. The number of methoxy groups -OCH3 is 1. The molecule has 2 aromatic heterocycles. The Morgan fingerprint density at radius 1 is 1.33 bits per heavy atom. The van der Waals surface area contributed by atoms with Crippen molar-refractivity contribution in [3.63, 3.8) is 0 Å². The van der Waals surface area contributed by atoms with E-state index in [0.717, 1.165) is 0 Å². The topological polar surface area (TPSA) is 126 Å². The third-order valence-electron chi connectivity index (χ3n) is 2.00. The second-order valence-electron chi connectivity index (χ2n) is 3.15. The molecule has 9 nitrogen and oxygen atoms in total. The molecule has 2 N–H and O–H groups in total. The predicted octanol–water partition coefficient (Wildman–Crippen LogP) is -1.06. The first kappa shape index (κ1) is 11.6. The number of aromatic nitrogens is 5. The number of hydrogen-bond acceptors (Lipinski definition) is 7. The number of hydrogen-bond donors (Lipinski definition) is 1. The molecule has 0 spiro atoms. The van der Waals surface area contributed by atoms with E-state index in [1.807, 2.05) is 0 Å². The number of esters is 1. The molecule has 0 atom stereocenters. The standard InChI is InChI=1S/C9H8N6O3/c1-18-9(17)8-11-4-15(14-8)6-3-2-5(7(10)16)12-13-6/h2-4H,1H3,(H2,10,16). The smallest absolute Gasteiger partial charge is 0.377 e. The van der Waals surface area contributed by atoms with Crippen LogP contribution >= 0.6 is 0 Å². The molecule has 0 aliphatic rings. The van der Waals surface area contributed by atoms with Gasteiger partial charge in [0.2, 0.25) is 0 Å². The highest BCUT2D eigenvalue weighted by Gasteiger charge is 2.13. The molecule has 9 heteroatoms. The summed E-state index contributed by atoms with van der Waals surface area (Å²) < 4.78 is 5.69. The van der Waals surface area contributed by atoms with E-state index in [1.54, 1.807) is 0 Å². The van der Waals surface area contributed by atoms with Gasteiger partial charge in [-0.1, -0.05) is 0 Å². The summed E-state index contributed by atoms with van der Waals surface area (Å²) >= 11 is 0. The van der Waals surface area contributed by atoms with Gasteiger partial charge in [-0.05, 0) is 12.1 Å². The molecule has 0 aliphatic carbocycles. The lowest BCUT2D eigenvalue weighted by molar-refractivity contribution is 0.0586. The van der Waals surface area contributed by atoms with Crippen LogP contribution in [-0.4, -0.2) is 43.9 Å². The molecule has 0 fully saturated rings. The van der Waals surface area contributed by atoms with E-state index in [-0.39, 0.29) is 11.5 Å². The van der Waals surface area contributed by atoms with E-state index in [2.05, 4.69) is 25.0 Å². The zero-order valence-electron chi connectivity index (χ0n) is 9.27. The Morgan fingerprint density at radius 2 is 2.11 bits per heavy atom. The van der Waals surface area contributed by atoms with Gasteiger partial charge in [0.05, 0.1) is 7.11 Å². The van der Waals surface area contributed by atoms with Crippen LogP contribution in [0.1, 0.15) is 21.1 Å². The van der Waals surface area contributed by atoms with Crippen LogP contribution in [0.4, 0.5) is 0 Å². The number of nitrogens with two attached hydrogens (primary N) is 1. The molecule has 2 heterocycles. The fourth-order valence-electron chi connectivity index (χ4n) is 1.14. The summed E-state index contributed by atoms with van der Waals surface area (Å²) in [4.78, 5) is 25.7. The second kappa shape index (κ2) is 4.57. The van der Waals surface area contributed by atoms with Crippen LogP contribution in [0.15, 0.2) is 18.5 Å². The van der Waals surface area contributed by atoms with Gasteiger partial charge in [-0.2, -0.15) is 4.68 Å². The van der Waals surface area contributed by atoms with Crippen LogP contribution in [0.5, 0.6) is 0 Å². The van der Waals surface area contributed by atoms with Crippen LogP contribution in [-0.2, 0) is 4.74 Å². The second-order valence-corrected chi connectivity index (χ2v) is 3.15. The molecular formula is C9H8N6O3. The number of carbonyl (C=O) groups excluding carboxylic acids is 2. The van der Waals surface area contributed by atoms with E-state index >= 15 is 0 Å². The quantitative estimate of drug-likeness (QED) is 0.686. The number of amides is 1. The number of primary amides is 1. The van der Waals surface area contributed by atoms with Crippen LogP contribution in [0.25, 0.3) is 5.82 Å². The minimum atomic E-state index is -0.678. The van der Waals surface area contributed by atoms with E-state index in [0.29, 0.717) is 5.82 Å². The molecule has 1 amide bonds. The molecule has 2 rings (SSSR count). The number of ether oxygens (including phenoxy) is 1. The number of carbonyl (C=O) groups is 2. The molecule has 92 valence electrons. The molecular weight excluding hydrogens is 240 g/mol. The molecule has 0 bridgehead atoms. The van der Waals surface area contributed by atoms with Crippen molar-refractivity contribution in [1.29, 1.82) is 0 Å². The maximum atomic E-state index is 11.1. The summed E-state index contributed by atoms with van der Waals surface area (Å²) in [6.07, 6.45) is 1.28. The van der Waals surface area contributed by atoms with Gasteiger partial charge in [0, 0.05) is 0 Å². The van der Waals surface area contributed by atoms with Gasteiger partial charge in [0.1, 0.15) is 6.33 Å². The molecule has 0 saturated heterocycles. The molecule has 0 saturated carbocycles. The van der Waals surface area contributed by atoms with Crippen molar-refractivity contribution in [2.75, 3.05) is 7.11 Å². The van der Waals surface area contributed by atoms with E-state index in [1.165, 1.54) is 30.3 Å². The van der Waals surface area contributed by atoms with Gasteiger partial charge >= 0.3 is 5.97 Å². The Morgan fingerprint density at radius 3 is 2.67 bits per heavy atom. The summed E-state index contributed by atoms with van der Waals surface area (Å²) in [5.74, 6) is -1.14. The molecule has 0 aromatic carbocycles. The van der Waals surface area contributed by atoms with Gasteiger partial charge in [-0.3, -0.25) is 4.79 Å². The molecule has 0 radical (unpaired) electrons. The van der Waals surface area contributed by atoms with Crippen LogP contribution in [0.3, 0.4) is 0 Å². The lowest BCUT2D eigenvalue weighted by Crippen LogP contribution is -2.14. The van der Waals surface area contributed by atoms with Gasteiger partial charge in [0.15, 0.2) is 11.5 Å². The molecule has 0 unspecified atom stereocenters. The summed E-state index contributed by atoms with van der Waals surface area (Å²) in [5.41, 5.74) is 5.06. The fraction of sp³-hybridized carbons (Fsp3) is 0.111. The largest absolute Gasteiger partial charge is 0.463 e. The Balaban J connectivity index is 2.29. The van der Waals surface area contributed by atoms with E-state index in [9.17, 15) is 9.59 Å². The highest BCUT2D eigenvalue weighted by molar-refractivity contribution is 5.90. The third kappa shape index (κ3) is 2.14. The van der Waals surface area contributed by atoms with E-state index < -0.39 is 11.9 Å². The molecule has 18 heavy (non-hydrogen) atoms. The summed E-state index contributed by atoms with van der Waals surface area (Å²) in [6, 6.07) is 2.87. The van der Waals surface area contributed by atoms with Crippen LogP contribution in [0.2, 0.25) is 0 Å². The zero-order valence-corrected chi connectivity index (χ0v) is 9.27. The minimum absolute atomic E-state index is 0.0343. The Bertz CT molecular complexity index is 591. The normalized spacial score (nSPS) is 10.1.